The predicted molar refractivity (Wildman–Crippen MR) is 35.6 cm³/mol. The van der Waals surface area contributed by atoms with Crippen molar-refractivity contribution in [1.82, 2.24) is 0 Å². The van der Waals surface area contributed by atoms with Gasteiger partial charge < -0.3 is 0 Å². The third-order valence-electron chi connectivity index (χ3n) is 1.22. The van der Waals surface area contributed by atoms with E-state index in [1.165, 1.54) is 0 Å². The number of allylic oxidation sites excluding steroid dienone is 2. The summed E-state index contributed by atoms with van der Waals surface area (Å²) in [5.74, 6) is 0. The Bertz CT molecular complexity index is 154. The van der Waals surface area contributed by atoms with Crippen LogP contribution in [0.4, 0.5) is 0 Å². The van der Waals surface area contributed by atoms with E-state index >= 15 is 0 Å². The fourth-order valence-corrected chi connectivity index (χ4v) is 1.32. The average molecular weight is 172 g/mol. The molecule has 1 atom stereocenters. The van der Waals surface area contributed by atoms with Gasteiger partial charge in [0.2, 0.25) is 0 Å². The van der Waals surface area contributed by atoms with Gasteiger partial charge in [0, 0.05) is 10.4 Å². The quantitative estimate of drug-likeness (QED) is 0.512. The molecule has 42 valence electrons. The third kappa shape index (κ3) is 1.10. The molecule has 0 N–H and O–H groups in total. The first-order valence-corrected chi connectivity index (χ1v) is 3.49. The van der Waals surface area contributed by atoms with Crippen LogP contribution in [-0.4, -0.2) is 4.83 Å². The Labute approximate surface area is 57.1 Å². The van der Waals surface area contributed by atoms with Crippen LogP contribution in [0, 0.1) is 11.3 Å². The highest BCUT2D eigenvalue weighted by Gasteiger charge is 2.10. The predicted octanol–water partition coefficient (Wildman–Crippen LogP) is 1.99. The van der Waals surface area contributed by atoms with Crippen LogP contribution in [0.15, 0.2) is 11.6 Å². The number of hydrogen-bond donors (Lipinski definition) is 0. The smallest absolute Gasteiger partial charge is 0.0944 e. The van der Waals surface area contributed by atoms with Crippen molar-refractivity contribution < 1.29 is 0 Å². The van der Waals surface area contributed by atoms with Crippen LogP contribution in [-0.2, 0) is 0 Å². The first-order valence-electron chi connectivity index (χ1n) is 2.58. The lowest BCUT2D eigenvalue weighted by molar-refractivity contribution is 0.941. The maximum atomic E-state index is 8.34. The number of nitrogens with zero attached hydrogens (tertiary/aromatic N) is 1. The fourth-order valence-electron chi connectivity index (χ4n) is 0.772. The van der Waals surface area contributed by atoms with Crippen molar-refractivity contribution in [3.63, 3.8) is 0 Å². The van der Waals surface area contributed by atoms with E-state index in [1.807, 2.05) is 6.08 Å². The van der Waals surface area contributed by atoms with Gasteiger partial charge in [-0.15, -0.1) is 0 Å². The number of nitriles is 1. The second kappa shape index (κ2) is 2.32. The van der Waals surface area contributed by atoms with Gasteiger partial charge in [0.1, 0.15) is 0 Å². The van der Waals surface area contributed by atoms with E-state index in [2.05, 4.69) is 22.0 Å². The molecule has 0 aromatic rings. The van der Waals surface area contributed by atoms with E-state index in [1.54, 1.807) is 0 Å². The molecule has 0 spiro atoms. The lowest BCUT2D eigenvalue weighted by Crippen LogP contribution is -1.80. The molecule has 1 aliphatic carbocycles. The summed E-state index contributed by atoms with van der Waals surface area (Å²) in [7, 11) is 0. The van der Waals surface area contributed by atoms with Gasteiger partial charge in [-0.1, -0.05) is 22.0 Å². The minimum atomic E-state index is 0.456. The molecule has 2 heteroatoms. The summed E-state index contributed by atoms with van der Waals surface area (Å²) in [6.07, 6.45) is 4.01. The van der Waals surface area contributed by atoms with Gasteiger partial charge in [0.15, 0.2) is 0 Å². The molecule has 1 aliphatic rings. The molecule has 0 aliphatic heterocycles. The fraction of sp³-hybridized carbons (Fsp3) is 0.500. The van der Waals surface area contributed by atoms with Crippen LogP contribution in [0.3, 0.4) is 0 Å². The van der Waals surface area contributed by atoms with Gasteiger partial charge in [0.25, 0.3) is 0 Å². The van der Waals surface area contributed by atoms with E-state index in [-0.39, 0.29) is 0 Å². The highest BCUT2D eigenvalue weighted by Crippen LogP contribution is 2.22. The summed E-state index contributed by atoms with van der Waals surface area (Å²) in [4.78, 5) is 0.456. The maximum absolute atomic E-state index is 8.34. The minimum Gasteiger partial charge on any atom is -0.193 e. The Kier molecular flexibility index (Phi) is 1.69. The van der Waals surface area contributed by atoms with Gasteiger partial charge in [0.05, 0.1) is 6.07 Å². The molecule has 0 radical (unpaired) electrons. The minimum absolute atomic E-state index is 0.456. The molecule has 0 saturated carbocycles. The SMILES string of the molecule is N#CC1=CC(Br)CC1. The molecule has 0 heterocycles. The number of halogens is 1. The van der Waals surface area contributed by atoms with Gasteiger partial charge in [-0.3, -0.25) is 0 Å². The van der Waals surface area contributed by atoms with Crippen molar-refractivity contribution in [2.45, 2.75) is 17.7 Å². The van der Waals surface area contributed by atoms with Crippen molar-refractivity contribution in [2.24, 2.45) is 0 Å². The Morgan fingerprint density at radius 1 is 1.88 bits per heavy atom. The molecular formula is C6H6BrN. The summed E-state index contributed by atoms with van der Waals surface area (Å²) < 4.78 is 0. The molecule has 1 nitrogen and oxygen atoms in total. The van der Waals surface area contributed by atoms with Crippen molar-refractivity contribution >= 4 is 15.9 Å². The summed E-state index contributed by atoms with van der Waals surface area (Å²) in [5.41, 5.74) is 0.923. The molecule has 0 aromatic heterocycles. The van der Waals surface area contributed by atoms with Gasteiger partial charge in [-0.05, 0) is 12.8 Å². The summed E-state index contributed by atoms with van der Waals surface area (Å²) >= 11 is 3.39. The van der Waals surface area contributed by atoms with Crippen molar-refractivity contribution in [3.05, 3.63) is 11.6 Å². The van der Waals surface area contributed by atoms with Gasteiger partial charge in [-0.2, -0.15) is 5.26 Å². The Balaban J connectivity index is 2.61. The van der Waals surface area contributed by atoms with Crippen molar-refractivity contribution in [1.29, 1.82) is 5.26 Å². The van der Waals surface area contributed by atoms with E-state index < -0.39 is 0 Å². The first kappa shape index (κ1) is 5.84. The molecule has 0 fully saturated rings. The molecule has 0 amide bonds. The molecule has 8 heavy (non-hydrogen) atoms. The third-order valence-corrected chi connectivity index (χ3v) is 1.94. The number of hydrogen-bond acceptors (Lipinski definition) is 1. The highest BCUT2D eigenvalue weighted by molar-refractivity contribution is 9.09. The second-order valence-corrected chi connectivity index (χ2v) is 3.03. The van der Waals surface area contributed by atoms with E-state index in [0.717, 1.165) is 18.4 Å². The standard InChI is InChI=1S/C6H6BrN/c7-6-2-1-5(3-6)4-8/h3,6H,1-2H2. The Morgan fingerprint density at radius 2 is 2.62 bits per heavy atom. The molecule has 1 unspecified atom stereocenters. The maximum Gasteiger partial charge on any atom is 0.0944 e. The van der Waals surface area contributed by atoms with E-state index in [4.69, 9.17) is 5.26 Å². The largest absolute Gasteiger partial charge is 0.193 e. The van der Waals surface area contributed by atoms with Crippen LogP contribution < -0.4 is 0 Å². The second-order valence-electron chi connectivity index (χ2n) is 1.86. The van der Waals surface area contributed by atoms with Gasteiger partial charge >= 0.3 is 0 Å². The topological polar surface area (TPSA) is 23.8 Å². The zero-order valence-electron chi connectivity index (χ0n) is 4.39. The van der Waals surface area contributed by atoms with Crippen molar-refractivity contribution in [2.75, 3.05) is 0 Å². The van der Waals surface area contributed by atoms with Crippen molar-refractivity contribution in [3.8, 4) is 6.07 Å². The van der Waals surface area contributed by atoms with Crippen LogP contribution in [0.2, 0.25) is 0 Å². The lowest BCUT2D eigenvalue weighted by atomic mass is 10.3. The lowest BCUT2D eigenvalue weighted by Gasteiger charge is -1.86. The molecular weight excluding hydrogens is 166 g/mol. The van der Waals surface area contributed by atoms with E-state index in [9.17, 15) is 0 Å². The van der Waals surface area contributed by atoms with E-state index in [0.29, 0.717) is 4.83 Å². The first-order chi connectivity index (χ1) is 3.83. The summed E-state index contributed by atoms with van der Waals surface area (Å²) in [5, 5.41) is 8.34. The highest BCUT2D eigenvalue weighted by atomic mass is 79.9. The summed E-state index contributed by atoms with van der Waals surface area (Å²) in [6.45, 7) is 0. The van der Waals surface area contributed by atoms with Gasteiger partial charge in [-0.25, -0.2) is 0 Å². The van der Waals surface area contributed by atoms with Crippen LogP contribution >= 0.6 is 15.9 Å². The van der Waals surface area contributed by atoms with Crippen LogP contribution in [0.1, 0.15) is 12.8 Å². The zero-order chi connectivity index (χ0) is 5.98. The number of alkyl halides is 1. The Morgan fingerprint density at radius 3 is 2.88 bits per heavy atom. The monoisotopic (exact) mass is 171 g/mol. The zero-order valence-corrected chi connectivity index (χ0v) is 5.98. The average Bonchev–Trinajstić information content (AvgIpc) is 2.14. The number of rotatable bonds is 0. The van der Waals surface area contributed by atoms with Crippen LogP contribution in [0.5, 0.6) is 0 Å². The van der Waals surface area contributed by atoms with Crippen LogP contribution in [0.25, 0.3) is 0 Å². The molecule has 0 aromatic carbocycles. The molecule has 0 bridgehead atoms. The molecule has 0 saturated heterocycles. The molecule has 1 rings (SSSR count). The normalized spacial score (nSPS) is 27.0. The summed E-state index contributed by atoms with van der Waals surface area (Å²) in [6, 6.07) is 2.13. The Hall–Kier alpha value is -0.290.